The van der Waals surface area contributed by atoms with Crippen LogP contribution in [0.25, 0.3) is 11.4 Å². The predicted octanol–water partition coefficient (Wildman–Crippen LogP) is 3.89. The molecule has 1 saturated heterocycles. The van der Waals surface area contributed by atoms with Crippen molar-refractivity contribution >= 4 is 23.3 Å². The van der Waals surface area contributed by atoms with Crippen LogP contribution in [0.2, 0.25) is 0 Å². The van der Waals surface area contributed by atoms with Crippen molar-refractivity contribution in [2.45, 2.75) is 45.0 Å². The van der Waals surface area contributed by atoms with Gasteiger partial charge in [-0.15, -0.1) is 11.6 Å². The highest BCUT2D eigenvalue weighted by atomic mass is 35.5. The van der Waals surface area contributed by atoms with Gasteiger partial charge in [0.1, 0.15) is 11.2 Å². The normalized spacial score (nSPS) is 18.7. The van der Waals surface area contributed by atoms with Gasteiger partial charge >= 0.3 is 0 Å². The van der Waals surface area contributed by atoms with E-state index < -0.39 is 5.38 Å². The van der Waals surface area contributed by atoms with Crippen LogP contribution in [0.15, 0.2) is 30.3 Å². The zero-order valence-electron chi connectivity index (χ0n) is 16.6. The lowest BCUT2D eigenvalue weighted by molar-refractivity contribution is -0.131. The molecule has 6 heteroatoms. The number of hydrogen-bond donors (Lipinski definition) is 0. The van der Waals surface area contributed by atoms with Crippen molar-refractivity contribution in [2.24, 2.45) is 5.92 Å². The number of aromatic nitrogens is 2. The van der Waals surface area contributed by atoms with E-state index in [-0.39, 0.29) is 5.91 Å². The lowest BCUT2D eigenvalue weighted by atomic mass is 9.98. The van der Waals surface area contributed by atoms with E-state index in [1.54, 1.807) is 6.92 Å². The maximum absolute atomic E-state index is 12.5. The van der Waals surface area contributed by atoms with Crippen molar-refractivity contribution in [3.8, 4) is 11.4 Å². The van der Waals surface area contributed by atoms with Gasteiger partial charge in [-0.1, -0.05) is 37.3 Å². The van der Waals surface area contributed by atoms with Crippen LogP contribution in [0.5, 0.6) is 0 Å². The summed E-state index contributed by atoms with van der Waals surface area (Å²) >= 11 is 6.07. The molecule has 0 aliphatic carbocycles. The molecule has 0 bridgehead atoms. The van der Waals surface area contributed by atoms with E-state index >= 15 is 0 Å². The maximum Gasteiger partial charge on any atom is 0.240 e. The van der Waals surface area contributed by atoms with Crippen molar-refractivity contribution < 1.29 is 4.79 Å². The minimum Gasteiger partial charge on any atom is -0.356 e. The molecule has 28 heavy (non-hydrogen) atoms. The molecule has 148 valence electrons. The second-order valence-electron chi connectivity index (χ2n) is 7.96. The maximum atomic E-state index is 12.5. The molecule has 2 aromatic rings. The fourth-order valence-electron chi connectivity index (χ4n) is 4.03. The second kappa shape index (κ2) is 8.08. The number of piperidine rings is 1. The summed E-state index contributed by atoms with van der Waals surface area (Å²) in [5, 5.41) is -0.509. The Morgan fingerprint density at radius 1 is 1.14 bits per heavy atom. The Labute approximate surface area is 171 Å². The van der Waals surface area contributed by atoms with Crippen LogP contribution in [-0.2, 0) is 17.8 Å². The highest BCUT2D eigenvalue weighted by Crippen LogP contribution is 2.32. The van der Waals surface area contributed by atoms with E-state index in [1.807, 2.05) is 23.1 Å². The topological polar surface area (TPSA) is 49.3 Å². The molecule has 1 unspecified atom stereocenters. The first-order valence-corrected chi connectivity index (χ1v) is 10.6. The second-order valence-corrected chi connectivity index (χ2v) is 8.61. The average molecular weight is 399 g/mol. The summed E-state index contributed by atoms with van der Waals surface area (Å²) in [6.45, 7) is 7.25. The van der Waals surface area contributed by atoms with Gasteiger partial charge in [0.15, 0.2) is 5.82 Å². The number of nitrogens with zero attached hydrogens (tertiary/aromatic N) is 4. The van der Waals surface area contributed by atoms with Gasteiger partial charge in [0.05, 0.1) is 12.2 Å². The summed E-state index contributed by atoms with van der Waals surface area (Å²) in [7, 11) is 0. The SMILES string of the molecule is CC1CCN(c2nc(-c3ccccc3)nc3c2CN(C(=O)C(C)Cl)CC3)CC1. The van der Waals surface area contributed by atoms with E-state index in [4.69, 9.17) is 21.6 Å². The molecule has 1 atom stereocenters. The third-order valence-corrected chi connectivity index (χ3v) is 5.99. The molecule has 0 N–H and O–H groups in total. The van der Waals surface area contributed by atoms with E-state index in [0.717, 1.165) is 53.9 Å². The van der Waals surface area contributed by atoms with Gasteiger partial charge in [-0.25, -0.2) is 9.97 Å². The zero-order chi connectivity index (χ0) is 19.7. The molecule has 2 aliphatic rings. The number of halogens is 1. The van der Waals surface area contributed by atoms with E-state index in [0.29, 0.717) is 13.1 Å². The summed E-state index contributed by atoms with van der Waals surface area (Å²) in [6, 6.07) is 10.1. The Morgan fingerprint density at radius 3 is 2.54 bits per heavy atom. The van der Waals surface area contributed by atoms with Gasteiger partial charge in [0, 0.05) is 37.2 Å². The van der Waals surface area contributed by atoms with Gasteiger partial charge in [-0.05, 0) is 25.7 Å². The lowest BCUT2D eigenvalue weighted by Gasteiger charge is -2.36. The molecule has 1 aromatic carbocycles. The monoisotopic (exact) mass is 398 g/mol. The molecule has 0 saturated carbocycles. The summed E-state index contributed by atoms with van der Waals surface area (Å²) in [4.78, 5) is 26.6. The highest BCUT2D eigenvalue weighted by molar-refractivity contribution is 6.30. The number of alkyl halides is 1. The lowest BCUT2D eigenvalue weighted by Crippen LogP contribution is -2.42. The molecule has 1 amide bonds. The molecule has 5 nitrogen and oxygen atoms in total. The van der Waals surface area contributed by atoms with Crippen molar-refractivity contribution in [1.29, 1.82) is 0 Å². The number of amides is 1. The summed E-state index contributed by atoms with van der Waals surface area (Å²) in [6.07, 6.45) is 3.08. The predicted molar refractivity (Wildman–Crippen MR) is 113 cm³/mol. The van der Waals surface area contributed by atoms with Crippen LogP contribution in [-0.4, -0.2) is 45.8 Å². The molecule has 4 rings (SSSR count). The number of benzene rings is 1. The smallest absolute Gasteiger partial charge is 0.240 e. The third-order valence-electron chi connectivity index (χ3n) is 5.81. The minimum absolute atomic E-state index is 0.0160. The standard InChI is InChI=1S/C22H27ClN4O/c1-15-8-11-26(12-9-15)21-18-14-27(22(28)16(2)23)13-10-19(18)24-20(25-21)17-6-4-3-5-7-17/h3-7,15-16H,8-14H2,1-2H3. The number of hydrogen-bond acceptors (Lipinski definition) is 4. The number of anilines is 1. The Kier molecular flexibility index (Phi) is 5.54. The molecule has 0 spiro atoms. The van der Waals surface area contributed by atoms with Crippen LogP contribution in [0.3, 0.4) is 0 Å². The van der Waals surface area contributed by atoms with Gasteiger partial charge < -0.3 is 9.80 Å². The first kappa shape index (κ1) is 19.2. The Hall–Kier alpha value is -2.14. The molecule has 1 aromatic heterocycles. The largest absolute Gasteiger partial charge is 0.356 e. The van der Waals surface area contributed by atoms with E-state index in [1.165, 1.54) is 12.8 Å². The van der Waals surface area contributed by atoms with E-state index in [2.05, 4.69) is 24.0 Å². The molecule has 0 radical (unpaired) electrons. The summed E-state index contributed by atoms with van der Waals surface area (Å²) < 4.78 is 0. The van der Waals surface area contributed by atoms with Crippen molar-refractivity contribution in [3.05, 3.63) is 41.6 Å². The first-order chi connectivity index (χ1) is 13.5. The summed E-state index contributed by atoms with van der Waals surface area (Å²) in [5.41, 5.74) is 3.18. The highest BCUT2D eigenvalue weighted by Gasteiger charge is 2.30. The fourth-order valence-corrected chi connectivity index (χ4v) is 4.17. The van der Waals surface area contributed by atoms with Crippen LogP contribution < -0.4 is 4.90 Å². The molecule has 2 aliphatic heterocycles. The van der Waals surface area contributed by atoms with Crippen LogP contribution in [0.4, 0.5) is 5.82 Å². The number of carbonyl (C=O) groups is 1. The van der Waals surface area contributed by atoms with E-state index in [9.17, 15) is 4.79 Å². The zero-order valence-corrected chi connectivity index (χ0v) is 17.3. The fraction of sp³-hybridized carbons (Fsp3) is 0.500. The Morgan fingerprint density at radius 2 is 1.86 bits per heavy atom. The van der Waals surface area contributed by atoms with Gasteiger partial charge in [-0.2, -0.15) is 0 Å². The van der Waals surface area contributed by atoms with Crippen LogP contribution in [0.1, 0.15) is 37.9 Å². The summed E-state index contributed by atoms with van der Waals surface area (Å²) in [5.74, 6) is 2.50. The Bertz CT molecular complexity index is 847. The third kappa shape index (κ3) is 3.86. The number of rotatable bonds is 3. The molecular formula is C22H27ClN4O. The minimum atomic E-state index is -0.509. The van der Waals surface area contributed by atoms with Crippen molar-refractivity contribution in [1.82, 2.24) is 14.9 Å². The first-order valence-electron chi connectivity index (χ1n) is 10.2. The Balaban J connectivity index is 1.74. The van der Waals surface area contributed by atoms with Gasteiger partial charge in [-0.3, -0.25) is 4.79 Å². The molecular weight excluding hydrogens is 372 g/mol. The van der Waals surface area contributed by atoms with Gasteiger partial charge in [0.2, 0.25) is 5.91 Å². The molecule has 3 heterocycles. The molecule has 1 fully saturated rings. The van der Waals surface area contributed by atoms with Crippen LogP contribution in [0, 0.1) is 5.92 Å². The van der Waals surface area contributed by atoms with Crippen molar-refractivity contribution in [2.75, 3.05) is 24.5 Å². The van der Waals surface area contributed by atoms with Crippen molar-refractivity contribution in [3.63, 3.8) is 0 Å². The quantitative estimate of drug-likeness (QED) is 0.736. The number of fused-ring (bicyclic) bond motifs is 1. The average Bonchev–Trinajstić information content (AvgIpc) is 2.73. The van der Waals surface area contributed by atoms with Crippen LogP contribution >= 0.6 is 11.6 Å². The number of carbonyl (C=O) groups excluding carboxylic acids is 1. The van der Waals surface area contributed by atoms with Gasteiger partial charge in [0.25, 0.3) is 0 Å².